The lowest BCUT2D eigenvalue weighted by Gasteiger charge is -2.19. The van der Waals surface area contributed by atoms with Gasteiger partial charge in [-0.2, -0.15) is 0 Å². The molecule has 1 amide bonds. The van der Waals surface area contributed by atoms with Crippen molar-refractivity contribution in [1.29, 1.82) is 0 Å². The van der Waals surface area contributed by atoms with Crippen LogP contribution in [0.3, 0.4) is 0 Å². The first kappa shape index (κ1) is 20.1. The molecule has 0 bridgehead atoms. The highest BCUT2D eigenvalue weighted by Gasteiger charge is 2.21. The summed E-state index contributed by atoms with van der Waals surface area (Å²) in [5.74, 6) is -2.09. The van der Waals surface area contributed by atoms with E-state index in [1.54, 1.807) is 30.3 Å². The largest absolute Gasteiger partial charge is 0.545 e. The van der Waals surface area contributed by atoms with Crippen LogP contribution in [0.15, 0.2) is 83.8 Å². The van der Waals surface area contributed by atoms with Crippen LogP contribution in [0.1, 0.15) is 20.7 Å². The molecule has 0 saturated carbocycles. The number of carboxylic acids is 1. The summed E-state index contributed by atoms with van der Waals surface area (Å²) in [5, 5.41) is 13.7. The highest BCUT2D eigenvalue weighted by atomic mass is 32.2. The zero-order valence-corrected chi connectivity index (χ0v) is 16.2. The van der Waals surface area contributed by atoms with Crippen molar-refractivity contribution in [2.75, 3.05) is 16.7 Å². The maximum absolute atomic E-state index is 12.8. The van der Waals surface area contributed by atoms with Crippen LogP contribution in [0, 0.1) is 0 Å². The van der Waals surface area contributed by atoms with Crippen molar-refractivity contribution in [3.8, 4) is 0 Å². The average molecular weight is 409 g/mol. The van der Waals surface area contributed by atoms with E-state index < -0.39 is 21.9 Å². The number of sulfonamides is 1. The number of nitrogens with zero attached hydrogens (tertiary/aromatic N) is 1. The quantitative estimate of drug-likeness (QED) is 0.671. The Balaban J connectivity index is 1.80. The summed E-state index contributed by atoms with van der Waals surface area (Å²) in [6.07, 6.45) is 0. The predicted molar refractivity (Wildman–Crippen MR) is 107 cm³/mol. The molecule has 3 rings (SSSR count). The molecule has 0 radical (unpaired) electrons. The van der Waals surface area contributed by atoms with E-state index in [4.69, 9.17) is 0 Å². The zero-order valence-electron chi connectivity index (χ0n) is 15.4. The van der Waals surface area contributed by atoms with Crippen LogP contribution in [0.5, 0.6) is 0 Å². The van der Waals surface area contributed by atoms with Crippen LogP contribution in [0.2, 0.25) is 0 Å². The number of para-hydroxylation sites is 1. The molecular weight excluding hydrogens is 392 g/mol. The monoisotopic (exact) mass is 409 g/mol. The normalized spacial score (nSPS) is 10.9. The maximum atomic E-state index is 12.8. The summed E-state index contributed by atoms with van der Waals surface area (Å²) in [7, 11) is -2.32. The van der Waals surface area contributed by atoms with E-state index in [2.05, 4.69) is 5.32 Å². The van der Waals surface area contributed by atoms with Crippen molar-refractivity contribution < 1.29 is 23.1 Å². The molecule has 0 aliphatic carbocycles. The third kappa shape index (κ3) is 4.27. The number of nitrogens with one attached hydrogen (secondary N) is 1. The Morgan fingerprint density at radius 1 is 0.828 bits per heavy atom. The Morgan fingerprint density at radius 2 is 1.38 bits per heavy atom. The Bertz CT molecular complexity index is 1140. The van der Waals surface area contributed by atoms with E-state index in [0.29, 0.717) is 11.4 Å². The van der Waals surface area contributed by atoms with Gasteiger partial charge in [0.25, 0.3) is 15.9 Å². The number of anilines is 2. The lowest BCUT2D eigenvalue weighted by Crippen LogP contribution is -2.27. The van der Waals surface area contributed by atoms with Crippen LogP contribution >= 0.6 is 0 Å². The van der Waals surface area contributed by atoms with E-state index in [1.807, 2.05) is 0 Å². The first-order valence-electron chi connectivity index (χ1n) is 8.56. The molecule has 0 saturated heterocycles. The molecule has 0 aromatic heterocycles. The summed E-state index contributed by atoms with van der Waals surface area (Å²) in [5.41, 5.74) is 0.565. The number of carbonyl (C=O) groups is 2. The van der Waals surface area contributed by atoms with Gasteiger partial charge < -0.3 is 15.2 Å². The number of hydrogen-bond acceptors (Lipinski definition) is 5. The van der Waals surface area contributed by atoms with Gasteiger partial charge in [0.1, 0.15) is 0 Å². The molecule has 29 heavy (non-hydrogen) atoms. The Morgan fingerprint density at radius 3 is 1.97 bits per heavy atom. The SMILES string of the molecule is CN(c1ccccc1)S(=O)(=O)c1ccc(NC(=O)c2ccccc2C(=O)[O-])cc1. The van der Waals surface area contributed by atoms with Gasteiger partial charge in [-0.1, -0.05) is 36.4 Å². The highest BCUT2D eigenvalue weighted by Crippen LogP contribution is 2.23. The van der Waals surface area contributed by atoms with E-state index in [0.717, 1.165) is 4.31 Å². The van der Waals surface area contributed by atoms with Crippen molar-refractivity contribution in [1.82, 2.24) is 0 Å². The third-order valence-corrected chi connectivity index (χ3v) is 6.08. The van der Waals surface area contributed by atoms with Crippen LogP contribution in [0.25, 0.3) is 0 Å². The molecule has 148 valence electrons. The first-order chi connectivity index (χ1) is 13.8. The van der Waals surface area contributed by atoms with Crippen molar-refractivity contribution in [2.24, 2.45) is 0 Å². The van der Waals surface area contributed by atoms with Crippen LogP contribution in [-0.2, 0) is 10.0 Å². The molecule has 0 aliphatic rings. The highest BCUT2D eigenvalue weighted by molar-refractivity contribution is 7.92. The zero-order chi connectivity index (χ0) is 21.0. The van der Waals surface area contributed by atoms with Crippen LogP contribution < -0.4 is 14.7 Å². The molecular formula is C21H17N2O5S-. The number of benzene rings is 3. The van der Waals surface area contributed by atoms with Gasteiger partial charge in [-0.15, -0.1) is 0 Å². The summed E-state index contributed by atoms with van der Waals surface area (Å²) in [6, 6.07) is 19.9. The van der Waals surface area contributed by atoms with E-state index in [-0.39, 0.29) is 16.0 Å². The van der Waals surface area contributed by atoms with Gasteiger partial charge in [0, 0.05) is 23.9 Å². The number of amides is 1. The molecule has 1 N–H and O–H groups in total. The number of rotatable bonds is 6. The Kier molecular flexibility index (Phi) is 5.65. The standard InChI is InChI=1S/C21H18N2O5S/c1-23(16-7-3-2-4-8-16)29(27,28)17-13-11-15(12-14-17)22-20(24)18-9-5-6-10-19(18)21(25)26/h2-14H,1H3,(H,22,24)(H,25,26)/p-1. The van der Waals surface area contributed by atoms with Gasteiger partial charge in [-0.25, -0.2) is 8.42 Å². The summed E-state index contributed by atoms with van der Waals surface area (Å²) in [6.45, 7) is 0. The molecule has 0 fully saturated rings. The minimum absolute atomic E-state index is 0.0481. The molecule has 0 unspecified atom stereocenters. The third-order valence-electron chi connectivity index (χ3n) is 4.28. The number of hydrogen-bond donors (Lipinski definition) is 1. The lowest BCUT2D eigenvalue weighted by molar-refractivity contribution is -0.255. The van der Waals surface area contributed by atoms with Gasteiger partial charge in [-0.3, -0.25) is 9.10 Å². The molecule has 0 atom stereocenters. The second-order valence-corrected chi connectivity index (χ2v) is 8.09. The number of carboxylic acid groups (broad SMARTS) is 1. The second-order valence-electron chi connectivity index (χ2n) is 6.12. The van der Waals surface area contributed by atoms with Gasteiger partial charge in [0.05, 0.1) is 16.6 Å². The first-order valence-corrected chi connectivity index (χ1v) is 10.0. The molecule has 7 nitrogen and oxygen atoms in total. The number of carbonyl (C=O) groups excluding carboxylic acids is 2. The van der Waals surface area contributed by atoms with Gasteiger partial charge in [0.15, 0.2) is 0 Å². The molecule has 8 heteroatoms. The van der Waals surface area contributed by atoms with Crippen LogP contribution in [0.4, 0.5) is 11.4 Å². The van der Waals surface area contributed by atoms with E-state index in [9.17, 15) is 23.1 Å². The van der Waals surface area contributed by atoms with E-state index in [1.165, 1.54) is 55.6 Å². The maximum Gasteiger partial charge on any atom is 0.264 e. The molecule has 3 aromatic rings. The topological polar surface area (TPSA) is 107 Å². The minimum Gasteiger partial charge on any atom is -0.545 e. The second kappa shape index (κ2) is 8.15. The smallest absolute Gasteiger partial charge is 0.264 e. The summed E-state index contributed by atoms with van der Waals surface area (Å²) >= 11 is 0. The van der Waals surface area contributed by atoms with Gasteiger partial charge >= 0.3 is 0 Å². The summed E-state index contributed by atoms with van der Waals surface area (Å²) in [4.78, 5) is 23.6. The molecule has 3 aromatic carbocycles. The summed E-state index contributed by atoms with van der Waals surface area (Å²) < 4.78 is 26.7. The minimum atomic E-state index is -3.77. The van der Waals surface area contributed by atoms with Gasteiger partial charge in [-0.05, 0) is 42.5 Å². The van der Waals surface area contributed by atoms with Crippen molar-refractivity contribution in [3.63, 3.8) is 0 Å². The van der Waals surface area contributed by atoms with Gasteiger partial charge in [0.2, 0.25) is 0 Å². The average Bonchev–Trinajstić information content (AvgIpc) is 2.74. The molecule has 0 aliphatic heterocycles. The van der Waals surface area contributed by atoms with Crippen molar-refractivity contribution in [3.05, 3.63) is 90.0 Å². The Hall–Kier alpha value is -3.65. The fraction of sp³-hybridized carbons (Fsp3) is 0.0476. The fourth-order valence-corrected chi connectivity index (χ4v) is 3.90. The lowest BCUT2D eigenvalue weighted by atomic mass is 10.1. The molecule has 0 heterocycles. The number of aromatic carboxylic acids is 1. The fourth-order valence-electron chi connectivity index (χ4n) is 2.70. The van der Waals surface area contributed by atoms with Crippen LogP contribution in [-0.4, -0.2) is 27.3 Å². The predicted octanol–water partition coefficient (Wildman–Crippen LogP) is 2.13. The Labute approximate surface area is 168 Å². The van der Waals surface area contributed by atoms with E-state index >= 15 is 0 Å². The van der Waals surface area contributed by atoms with Crippen molar-refractivity contribution >= 4 is 33.3 Å². The molecule has 0 spiro atoms. The van der Waals surface area contributed by atoms with Crippen molar-refractivity contribution in [2.45, 2.75) is 4.90 Å².